The maximum Gasteiger partial charge on any atom is 0.243 e. The Morgan fingerprint density at radius 3 is 2.31 bits per heavy atom. The maximum atomic E-state index is 13.5. The fraction of sp³-hybridized carbons (Fsp3) is 0.440. The number of benzene rings is 2. The number of halogens is 1. The Balaban J connectivity index is 2.35. The van der Waals surface area contributed by atoms with Crippen LogP contribution < -0.4 is 5.32 Å². The van der Waals surface area contributed by atoms with Gasteiger partial charge in [0.1, 0.15) is 11.9 Å². The minimum atomic E-state index is -3.62. The van der Waals surface area contributed by atoms with Crippen molar-refractivity contribution in [3.63, 3.8) is 0 Å². The highest BCUT2D eigenvalue weighted by Crippen LogP contribution is 2.16. The van der Waals surface area contributed by atoms with Crippen molar-refractivity contribution < 1.29 is 27.1 Å². The topological polar surface area (TPSA) is 96.0 Å². The number of ether oxygens (including phenoxy) is 1. The number of hydrogen-bond donors (Lipinski definition) is 1. The number of carbonyl (C=O) groups is 2. The van der Waals surface area contributed by atoms with Crippen LogP contribution in [0.2, 0.25) is 0 Å². The van der Waals surface area contributed by atoms with Crippen molar-refractivity contribution in [3.8, 4) is 0 Å². The SMILES string of the molecule is CCOCCCNC(=O)C(Cc1ccccc1)N(Cc1ccc(F)cc1)C(=O)CN(C)S(C)(=O)=O. The molecule has 8 nitrogen and oxygen atoms in total. The van der Waals surface area contributed by atoms with Crippen LogP contribution in [0.5, 0.6) is 0 Å². The second-order valence-corrected chi connectivity index (χ2v) is 10.3. The van der Waals surface area contributed by atoms with E-state index in [4.69, 9.17) is 4.74 Å². The Bertz CT molecular complexity index is 1050. The molecule has 1 N–H and O–H groups in total. The fourth-order valence-corrected chi connectivity index (χ4v) is 3.73. The quantitative estimate of drug-likeness (QED) is 0.396. The van der Waals surface area contributed by atoms with Crippen molar-refractivity contribution in [2.45, 2.75) is 32.4 Å². The molecule has 192 valence electrons. The molecule has 0 heterocycles. The first-order valence-electron chi connectivity index (χ1n) is 11.5. The number of nitrogens with zero attached hydrogens (tertiary/aromatic N) is 2. The predicted molar refractivity (Wildman–Crippen MR) is 132 cm³/mol. The second kappa shape index (κ2) is 13.9. The van der Waals surface area contributed by atoms with Crippen molar-refractivity contribution in [1.82, 2.24) is 14.5 Å². The molecule has 2 aromatic rings. The Morgan fingerprint density at radius 2 is 1.71 bits per heavy atom. The van der Waals surface area contributed by atoms with E-state index in [1.165, 1.54) is 36.2 Å². The molecule has 2 rings (SSSR count). The van der Waals surface area contributed by atoms with Gasteiger partial charge in [0.15, 0.2) is 0 Å². The van der Waals surface area contributed by atoms with E-state index in [0.29, 0.717) is 31.7 Å². The molecule has 0 bridgehead atoms. The summed E-state index contributed by atoms with van der Waals surface area (Å²) in [6, 6.07) is 14.0. The van der Waals surface area contributed by atoms with Gasteiger partial charge < -0.3 is 15.0 Å². The monoisotopic (exact) mass is 507 g/mol. The van der Waals surface area contributed by atoms with E-state index in [1.807, 2.05) is 37.3 Å². The molecule has 35 heavy (non-hydrogen) atoms. The van der Waals surface area contributed by atoms with Crippen LogP contribution in [-0.2, 0) is 37.3 Å². The first-order chi connectivity index (χ1) is 16.6. The Hall–Kier alpha value is -2.82. The zero-order valence-corrected chi connectivity index (χ0v) is 21.3. The normalized spacial score (nSPS) is 12.4. The largest absolute Gasteiger partial charge is 0.382 e. The van der Waals surface area contributed by atoms with Gasteiger partial charge in [0.25, 0.3) is 0 Å². The standard InChI is InChI=1S/C25H34FN3O5S/c1-4-34-16-8-15-27-25(31)23(17-20-9-6-5-7-10-20)29(18-21-11-13-22(26)14-12-21)24(30)19-28(2)35(3,32)33/h5-7,9-14,23H,4,8,15-19H2,1-3H3,(H,27,31). The van der Waals surface area contributed by atoms with E-state index in [2.05, 4.69) is 5.32 Å². The molecular weight excluding hydrogens is 473 g/mol. The molecule has 0 saturated carbocycles. The van der Waals surface area contributed by atoms with E-state index >= 15 is 0 Å². The van der Waals surface area contributed by atoms with Gasteiger partial charge in [-0.1, -0.05) is 42.5 Å². The van der Waals surface area contributed by atoms with Crippen LogP contribution in [0, 0.1) is 5.82 Å². The van der Waals surface area contributed by atoms with Crippen LogP contribution in [-0.4, -0.2) is 75.1 Å². The summed E-state index contributed by atoms with van der Waals surface area (Å²) < 4.78 is 43.6. The summed E-state index contributed by atoms with van der Waals surface area (Å²) in [7, 11) is -2.31. The van der Waals surface area contributed by atoms with Crippen molar-refractivity contribution in [3.05, 3.63) is 71.5 Å². The highest BCUT2D eigenvalue weighted by molar-refractivity contribution is 7.88. The summed E-state index contributed by atoms with van der Waals surface area (Å²) in [4.78, 5) is 28.0. The maximum absolute atomic E-state index is 13.5. The molecule has 0 saturated heterocycles. The van der Waals surface area contributed by atoms with Gasteiger partial charge in [-0.05, 0) is 36.6 Å². The van der Waals surface area contributed by atoms with Crippen molar-refractivity contribution >= 4 is 21.8 Å². The van der Waals surface area contributed by atoms with E-state index in [-0.39, 0.29) is 18.9 Å². The molecule has 1 unspecified atom stereocenters. The Kier molecular flexibility index (Phi) is 11.3. The highest BCUT2D eigenvalue weighted by Gasteiger charge is 2.31. The first-order valence-corrected chi connectivity index (χ1v) is 13.3. The molecule has 0 aliphatic heterocycles. The molecule has 2 aromatic carbocycles. The average Bonchev–Trinajstić information content (AvgIpc) is 2.82. The lowest BCUT2D eigenvalue weighted by Crippen LogP contribution is -2.53. The van der Waals surface area contributed by atoms with E-state index in [1.54, 1.807) is 0 Å². The summed E-state index contributed by atoms with van der Waals surface area (Å²) >= 11 is 0. The number of rotatable bonds is 14. The summed E-state index contributed by atoms with van der Waals surface area (Å²) in [5.74, 6) is -1.31. The lowest BCUT2D eigenvalue weighted by molar-refractivity contribution is -0.141. The van der Waals surface area contributed by atoms with Gasteiger partial charge in [0.05, 0.1) is 12.8 Å². The second-order valence-electron chi connectivity index (χ2n) is 8.21. The van der Waals surface area contributed by atoms with Crippen LogP contribution in [0.3, 0.4) is 0 Å². The summed E-state index contributed by atoms with van der Waals surface area (Å²) in [6.07, 6.45) is 1.85. The van der Waals surface area contributed by atoms with Crippen LogP contribution >= 0.6 is 0 Å². The van der Waals surface area contributed by atoms with Crippen molar-refractivity contribution in [2.24, 2.45) is 0 Å². The van der Waals surface area contributed by atoms with Gasteiger partial charge in [-0.15, -0.1) is 0 Å². The van der Waals surface area contributed by atoms with Gasteiger partial charge in [0, 0.05) is 39.8 Å². The van der Waals surface area contributed by atoms with Crippen LogP contribution in [0.15, 0.2) is 54.6 Å². The van der Waals surface area contributed by atoms with Crippen LogP contribution in [0.1, 0.15) is 24.5 Å². The molecule has 0 spiro atoms. The number of hydrogen-bond acceptors (Lipinski definition) is 5. The van der Waals surface area contributed by atoms with Gasteiger partial charge in [-0.25, -0.2) is 12.8 Å². The minimum Gasteiger partial charge on any atom is -0.382 e. The number of nitrogens with one attached hydrogen (secondary N) is 1. The predicted octanol–water partition coefficient (Wildman–Crippen LogP) is 2.20. The van der Waals surface area contributed by atoms with Crippen LogP contribution in [0.4, 0.5) is 4.39 Å². The Labute approximate surface area is 207 Å². The third-order valence-corrected chi connectivity index (χ3v) is 6.69. The summed E-state index contributed by atoms with van der Waals surface area (Å²) in [5, 5.41) is 2.87. The zero-order chi connectivity index (χ0) is 25.8. The molecule has 1 atom stereocenters. The molecular formula is C25H34FN3O5S. The molecule has 0 aromatic heterocycles. The molecule has 0 aliphatic rings. The molecule has 2 amide bonds. The summed E-state index contributed by atoms with van der Waals surface area (Å²) in [6.45, 7) is 2.92. The van der Waals surface area contributed by atoms with Crippen molar-refractivity contribution in [2.75, 3.05) is 39.6 Å². The molecule has 0 fully saturated rings. The van der Waals surface area contributed by atoms with Gasteiger partial charge in [0.2, 0.25) is 21.8 Å². The third kappa shape index (κ3) is 9.75. The molecule has 10 heteroatoms. The highest BCUT2D eigenvalue weighted by atomic mass is 32.2. The summed E-state index contributed by atoms with van der Waals surface area (Å²) in [5.41, 5.74) is 1.46. The van der Waals surface area contributed by atoms with E-state index in [9.17, 15) is 22.4 Å². The smallest absolute Gasteiger partial charge is 0.243 e. The van der Waals surface area contributed by atoms with E-state index < -0.39 is 34.3 Å². The Morgan fingerprint density at radius 1 is 1.06 bits per heavy atom. The number of sulfonamides is 1. The van der Waals surface area contributed by atoms with Crippen molar-refractivity contribution in [1.29, 1.82) is 0 Å². The van der Waals surface area contributed by atoms with E-state index in [0.717, 1.165) is 16.1 Å². The number of carbonyl (C=O) groups excluding carboxylic acids is 2. The number of amides is 2. The van der Waals surface area contributed by atoms with Crippen LogP contribution in [0.25, 0.3) is 0 Å². The van der Waals surface area contributed by atoms with Gasteiger partial charge in [-0.2, -0.15) is 4.31 Å². The lowest BCUT2D eigenvalue weighted by Gasteiger charge is -2.32. The average molecular weight is 508 g/mol. The van der Waals surface area contributed by atoms with Gasteiger partial charge >= 0.3 is 0 Å². The fourth-order valence-electron chi connectivity index (χ4n) is 3.39. The molecule has 0 radical (unpaired) electrons. The number of likely N-dealkylation sites (N-methyl/N-ethyl adjacent to an activating group) is 1. The van der Waals surface area contributed by atoms with Gasteiger partial charge in [-0.3, -0.25) is 9.59 Å². The third-order valence-electron chi connectivity index (χ3n) is 5.43. The lowest BCUT2D eigenvalue weighted by atomic mass is 10.0. The molecule has 0 aliphatic carbocycles. The zero-order valence-electron chi connectivity index (χ0n) is 20.4. The minimum absolute atomic E-state index is 0.0145. The first kappa shape index (κ1) is 28.4.